The molecule has 2 N–H and O–H groups in total. The molecule has 0 aliphatic carbocycles. The minimum Gasteiger partial charge on any atom is -0.436 e. The number of nitrogens with two attached hydrogens (primary N) is 1. The Balaban J connectivity index is 2.22. The molecular weight excluding hydrogens is 316 g/mol. The summed E-state index contributed by atoms with van der Waals surface area (Å²) < 4.78 is 6.48. The molecule has 0 amide bonds. The zero-order chi connectivity index (χ0) is 12.7. The number of fused-ring (bicyclic) bond motifs is 1. The summed E-state index contributed by atoms with van der Waals surface area (Å²) in [5, 5.41) is 0.581. The largest absolute Gasteiger partial charge is 0.436 e. The maximum Gasteiger partial charge on any atom is 0.228 e. The predicted octanol–water partition coefficient (Wildman–Crippen LogP) is 4.49. The summed E-state index contributed by atoms with van der Waals surface area (Å²) in [4.78, 5) is 4.39. The van der Waals surface area contributed by atoms with E-state index in [-0.39, 0.29) is 0 Å². The van der Waals surface area contributed by atoms with Gasteiger partial charge in [-0.1, -0.05) is 17.7 Å². The van der Waals surface area contributed by atoms with Crippen LogP contribution in [0.3, 0.4) is 0 Å². The molecule has 0 aliphatic heterocycles. The highest BCUT2D eigenvalue weighted by Crippen LogP contribution is 2.34. The van der Waals surface area contributed by atoms with Gasteiger partial charge in [0.25, 0.3) is 0 Å². The summed E-state index contributed by atoms with van der Waals surface area (Å²) in [6, 6.07) is 11.0. The molecule has 3 nitrogen and oxygen atoms in total. The van der Waals surface area contributed by atoms with Crippen LogP contribution in [0.25, 0.3) is 22.6 Å². The second-order valence-electron chi connectivity index (χ2n) is 3.85. The first-order chi connectivity index (χ1) is 8.65. The highest BCUT2D eigenvalue weighted by Gasteiger charge is 2.13. The van der Waals surface area contributed by atoms with Crippen LogP contribution >= 0.6 is 27.5 Å². The van der Waals surface area contributed by atoms with Crippen molar-refractivity contribution in [1.82, 2.24) is 4.98 Å². The van der Waals surface area contributed by atoms with Gasteiger partial charge in [-0.15, -0.1) is 0 Å². The molecule has 0 radical (unpaired) electrons. The molecule has 0 saturated carbocycles. The first-order valence-electron chi connectivity index (χ1n) is 5.25. The van der Waals surface area contributed by atoms with Gasteiger partial charge in [-0.2, -0.15) is 0 Å². The molecule has 5 heteroatoms. The Hall–Kier alpha value is -1.52. The average molecular weight is 324 g/mol. The third kappa shape index (κ3) is 1.87. The maximum absolute atomic E-state index is 6.22. The smallest absolute Gasteiger partial charge is 0.228 e. The molecule has 90 valence electrons. The normalized spacial score (nSPS) is 11.0. The fourth-order valence-corrected chi connectivity index (χ4v) is 2.30. The van der Waals surface area contributed by atoms with Crippen LogP contribution in [-0.2, 0) is 0 Å². The quantitative estimate of drug-likeness (QED) is 0.671. The Bertz CT molecular complexity index is 739. The van der Waals surface area contributed by atoms with E-state index in [9.17, 15) is 0 Å². The standard InChI is InChI=1S/C13H8BrClN2O/c14-9-3-1-2-8(12(9)15)13-17-10-6-7(16)4-5-11(10)18-13/h1-6H,16H2. The Morgan fingerprint density at radius 2 is 2.06 bits per heavy atom. The van der Waals surface area contributed by atoms with Gasteiger partial charge in [-0.05, 0) is 46.3 Å². The first kappa shape index (κ1) is 11.6. The second kappa shape index (κ2) is 4.30. The Kier molecular flexibility index (Phi) is 2.76. The molecule has 1 aromatic heterocycles. The van der Waals surface area contributed by atoms with Gasteiger partial charge in [-0.3, -0.25) is 0 Å². The highest BCUT2D eigenvalue weighted by atomic mass is 79.9. The van der Waals surface area contributed by atoms with Crippen molar-refractivity contribution in [3.05, 3.63) is 45.9 Å². The van der Waals surface area contributed by atoms with Gasteiger partial charge in [0, 0.05) is 10.2 Å². The maximum atomic E-state index is 6.22. The van der Waals surface area contributed by atoms with E-state index >= 15 is 0 Å². The van der Waals surface area contributed by atoms with E-state index in [1.165, 1.54) is 0 Å². The lowest BCUT2D eigenvalue weighted by Crippen LogP contribution is -1.82. The fraction of sp³-hybridized carbons (Fsp3) is 0. The van der Waals surface area contributed by atoms with Crippen LogP contribution in [0.1, 0.15) is 0 Å². The molecule has 18 heavy (non-hydrogen) atoms. The number of nitrogen functional groups attached to an aromatic ring is 1. The molecule has 3 aromatic rings. The minimum absolute atomic E-state index is 0.488. The van der Waals surface area contributed by atoms with E-state index in [0.717, 1.165) is 15.6 Å². The van der Waals surface area contributed by atoms with Gasteiger partial charge in [0.1, 0.15) is 5.52 Å². The van der Waals surface area contributed by atoms with Crippen LogP contribution in [0, 0.1) is 0 Å². The predicted molar refractivity (Wildman–Crippen MR) is 76.6 cm³/mol. The lowest BCUT2D eigenvalue weighted by atomic mass is 10.2. The molecule has 0 atom stereocenters. The number of nitrogens with zero attached hydrogens (tertiary/aromatic N) is 1. The summed E-state index contributed by atoms with van der Waals surface area (Å²) in [5.41, 5.74) is 8.53. The van der Waals surface area contributed by atoms with Crippen molar-refractivity contribution in [1.29, 1.82) is 0 Å². The minimum atomic E-state index is 0.488. The molecule has 0 bridgehead atoms. The van der Waals surface area contributed by atoms with Crippen molar-refractivity contribution in [3.8, 4) is 11.5 Å². The number of rotatable bonds is 1. The monoisotopic (exact) mass is 322 g/mol. The van der Waals surface area contributed by atoms with Crippen molar-refractivity contribution >= 4 is 44.3 Å². The average Bonchev–Trinajstić information content (AvgIpc) is 2.75. The summed E-state index contributed by atoms with van der Waals surface area (Å²) >= 11 is 9.59. The van der Waals surface area contributed by atoms with Crippen molar-refractivity contribution in [2.45, 2.75) is 0 Å². The van der Waals surface area contributed by atoms with E-state index < -0.39 is 0 Å². The topological polar surface area (TPSA) is 52.0 Å². The summed E-state index contributed by atoms with van der Waals surface area (Å²) in [6.07, 6.45) is 0. The van der Waals surface area contributed by atoms with Crippen molar-refractivity contribution < 1.29 is 4.42 Å². The molecule has 2 aromatic carbocycles. The van der Waals surface area contributed by atoms with Crippen LogP contribution in [0.2, 0.25) is 5.02 Å². The summed E-state index contributed by atoms with van der Waals surface area (Å²) in [6.45, 7) is 0. The Morgan fingerprint density at radius 3 is 2.89 bits per heavy atom. The van der Waals surface area contributed by atoms with Crippen molar-refractivity contribution in [3.63, 3.8) is 0 Å². The molecule has 0 aliphatic rings. The van der Waals surface area contributed by atoms with Gasteiger partial charge in [0.05, 0.1) is 10.6 Å². The summed E-state index contributed by atoms with van der Waals surface area (Å²) in [7, 11) is 0. The lowest BCUT2D eigenvalue weighted by molar-refractivity contribution is 0.620. The van der Waals surface area contributed by atoms with Crippen molar-refractivity contribution in [2.75, 3.05) is 5.73 Å². The first-order valence-corrected chi connectivity index (χ1v) is 6.43. The molecule has 1 heterocycles. The molecule has 3 rings (SSSR count). The molecule has 0 saturated heterocycles. The van der Waals surface area contributed by atoms with Gasteiger partial charge >= 0.3 is 0 Å². The highest BCUT2D eigenvalue weighted by molar-refractivity contribution is 9.10. The number of oxazole rings is 1. The van der Waals surface area contributed by atoms with E-state index in [0.29, 0.717) is 22.2 Å². The summed E-state index contributed by atoms with van der Waals surface area (Å²) in [5.74, 6) is 0.488. The number of anilines is 1. The number of benzene rings is 2. The molecule has 0 spiro atoms. The van der Waals surface area contributed by atoms with Crippen LogP contribution in [-0.4, -0.2) is 4.98 Å². The lowest BCUT2D eigenvalue weighted by Gasteiger charge is -2.00. The SMILES string of the molecule is Nc1ccc2oc(-c3cccc(Br)c3Cl)nc2c1. The number of aromatic nitrogens is 1. The number of halogens is 2. The molecule has 0 unspecified atom stereocenters. The van der Waals surface area contributed by atoms with Gasteiger partial charge < -0.3 is 10.2 Å². The second-order valence-corrected chi connectivity index (χ2v) is 5.08. The van der Waals surface area contributed by atoms with Gasteiger partial charge in [0.15, 0.2) is 5.58 Å². The van der Waals surface area contributed by atoms with Crippen LogP contribution in [0.4, 0.5) is 5.69 Å². The molecular formula is C13H8BrClN2O. The van der Waals surface area contributed by atoms with E-state index in [1.807, 2.05) is 18.2 Å². The van der Waals surface area contributed by atoms with Crippen LogP contribution < -0.4 is 5.73 Å². The van der Waals surface area contributed by atoms with E-state index in [4.69, 9.17) is 21.8 Å². The zero-order valence-electron chi connectivity index (χ0n) is 9.15. The van der Waals surface area contributed by atoms with E-state index in [1.54, 1.807) is 18.2 Å². The third-order valence-electron chi connectivity index (χ3n) is 2.59. The Morgan fingerprint density at radius 1 is 1.22 bits per heavy atom. The van der Waals surface area contributed by atoms with E-state index in [2.05, 4.69) is 20.9 Å². The van der Waals surface area contributed by atoms with Crippen molar-refractivity contribution in [2.24, 2.45) is 0 Å². The van der Waals surface area contributed by atoms with Crippen LogP contribution in [0.5, 0.6) is 0 Å². The number of hydrogen-bond donors (Lipinski definition) is 1. The van der Waals surface area contributed by atoms with Crippen LogP contribution in [0.15, 0.2) is 45.3 Å². The van der Waals surface area contributed by atoms with Gasteiger partial charge in [0.2, 0.25) is 5.89 Å². The zero-order valence-corrected chi connectivity index (χ0v) is 11.5. The third-order valence-corrected chi connectivity index (χ3v) is 3.89. The molecule has 0 fully saturated rings. The number of hydrogen-bond acceptors (Lipinski definition) is 3. The fourth-order valence-electron chi connectivity index (χ4n) is 1.73. The van der Waals surface area contributed by atoms with Gasteiger partial charge in [-0.25, -0.2) is 4.98 Å². The Labute approximate surface area is 117 Å².